The van der Waals surface area contributed by atoms with Gasteiger partial charge in [-0.1, -0.05) is 0 Å². The maximum atomic E-state index is 5.24. The number of rotatable bonds is 4. The molecular formula is C14H21N3O. The van der Waals surface area contributed by atoms with Gasteiger partial charge in [0.1, 0.15) is 0 Å². The molecule has 0 radical (unpaired) electrons. The Labute approximate surface area is 108 Å². The summed E-state index contributed by atoms with van der Waals surface area (Å²) < 4.78 is 5.24. The molecule has 98 valence electrons. The van der Waals surface area contributed by atoms with Crippen molar-refractivity contribution in [3.05, 3.63) is 17.5 Å². The highest BCUT2D eigenvalue weighted by Crippen LogP contribution is 2.41. The molecule has 0 bridgehead atoms. The van der Waals surface area contributed by atoms with Crippen molar-refractivity contribution in [1.82, 2.24) is 9.97 Å². The topological polar surface area (TPSA) is 38.2 Å². The van der Waals surface area contributed by atoms with Crippen molar-refractivity contribution < 1.29 is 4.74 Å². The highest BCUT2D eigenvalue weighted by molar-refractivity contribution is 5.36. The molecule has 1 aliphatic carbocycles. The lowest BCUT2D eigenvalue weighted by molar-refractivity contribution is 0.183. The van der Waals surface area contributed by atoms with E-state index in [1.807, 2.05) is 6.20 Å². The summed E-state index contributed by atoms with van der Waals surface area (Å²) in [6.45, 7) is 2.84. The molecule has 4 nitrogen and oxygen atoms in total. The Morgan fingerprint density at radius 2 is 2.06 bits per heavy atom. The average Bonchev–Trinajstić information content (AvgIpc) is 3.25. The van der Waals surface area contributed by atoms with Gasteiger partial charge in [-0.2, -0.15) is 0 Å². The van der Waals surface area contributed by atoms with Crippen LogP contribution in [0.5, 0.6) is 0 Å². The predicted octanol–water partition coefficient (Wildman–Crippen LogP) is 2.49. The summed E-state index contributed by atoms with van der Waals surface area (Å²) in [5, 5.41) is 0. The largest absolute Gasteiger partial charge is 0.380 e. The molecule has 1 aromatic rings. The van der Waals surface area contributed by atoms with E-state index in [1.165, 1.54) is 43.4 Å². The van der Waals surface area contributed by atoms with Crippen LogP contribution >= 0.6 is 0 Å². The van der Waals surface area contributed by atoms with Crippen molar-refractivity contribution in [2.45, 2.75) is 44.6 Å². The van der Waals surface area contributed by atoms with Gasteiger partial charge in [0.25, 0.3) is 0 Å². The zero-order valence-electron chi connectivity index (χ0n) is 11.1. The van der Waals surface area contributed by atoms with Gasteiger partial charge < -0.3 is 9.64 Å². The number of piperidine rings is 1. The Balaban J connectivity index is 1.84. The van der Waals surface area contributed by atoms with Crippen LogP contribution in [-0.4, -0.2) is 30.2 Å². The van der Waals surface area contributed by atoms with Crippen molar-refractivity contribution >= 4 is 5.95 Å². The molecule has 0 spiro atoms. The fraction of sp³-hybridized carbons (Fsp3) is 0.714. The summed E-state index contributed by atoms with van der Waals surface area (Å²) in [5.41, 5.74) is 2.40. The fourth-order valence-corrected chi connectivity index (χ4v) is 2.63. The van der Waals surface area contributed by atoms with Crippen LogP contribution in [0.3, 0.4) is 0 Å². The SMILES string of the molecule is COCc1cnc(N2CCCCC2)nc1C1CC1. The standard InChI is InChI=1S/C14H21N3O/c1-18-10-12-9-15-14(16-13(12)11-5-6-11)17-7-3-2-4-8-17/h9,11H,2-8,10H2,1H3. The molecule has 1 saturated heterocycles. The summed E-state index contributed by atoms with van der Waals surface area (Å²) >= 11 is 0. The Morgan fingerprint density at radius 3 is 2.72 bits per heavy atom. The molecule has 2 fully saturated rings. The monoisotopic (exact) mass is 247 g/mol. The van der Waals surface area contributed by atoms with Crippen LogP contribution in [0.15, 0.2) is 6.20 Å². The van der Waals surface area contributed by atoms with Gasteiger partial charge in [-0.15, -0.1) is 0 Å². The van der Waals surface area contributed by atoms with Crippen molar-refractivity contribution in [2.24, 2.45) is 0 Å². The molecule has 1 saturated carbocycles. The molecule has 2 heterocycles. The number of nitrogens with zero attached hydrogens (tertiary/aromatic N) is 3. The summed E-state index contributed by atoms with van der Waals surface area (Å²) in [7, 11) is 1.73. The molecule has 0 amide bonds. The van der Waals surface area contributed by atoms with E-state index in [1.54, 1.807) is 7.11 Å². The van der Waals surface area contributed by atoms with Gasteiger partial charge in [-0.25, -0.2) is 9.97 Å². The van der Waals surface area contributed by atoms with Crippen LogP contribution in [0, 0.1) is 0 Å². The minimum absolute atomic E-state index is 0.631. The normalized spacial score (nSPS) is 20.2. The molecule has 18 heavy (non-hydrogen) atoms. The Hall–Kier alpha value is -1.16. The van der Waals surface area contributed by atoms with Crippen LogP contribution in [-0.2, 0) is 11.3 Å². The Morgan fingerprint density at radius 1 is 1.28 bits per heavy atom. The lowest BCUT2D eigenvalue weighted by Crippen LogP contribution is -2.31. The first kappa shape index (κ1) is 11.9. The fourth-order valence-electron chi connectivity index (χ4n) is 2.63. The first-order chi connectivity index (χ1) is 8.88. The van der Waals surface area contributed by atoms with Crippen LogP contribution in [0.4, 0.5) is 5.95 Å². The third-order valence-corrected chi connectivity index (χ3v) is 3.79. The van der Waals surface area contributed by atoms with Crippen LogP contribution in [0.25, 0.3) is 0 Å². The number of aromatic nitrogens is 2. The third-order valence-electron chi connectivity index (χ3n) is 3.79. The smallest absolute Gasteiger partial charge is 0.225 e. The second-order valence-electron chi connectivity index (χ2n) is 5.34. The number of hydrogen-bond donors (Lipinski definition) is 0. The maximum absolute atomic E-state index is 5.24. The van der Waals surface area contributed by atoms with E-state index in [0.717, 1.165) is 19.0 Å². The number of anilines is 1. The number of ether oxygens (including phenoxy) is 1. The highest BCUT2D eigenvalue weighted by atomic mass is 16.5. The van der Waals surface area contributed by atoms with E-state index >= 15 is 0 Å². The lowest BCUT2D eigenvalue weighted by atomic mass is 10.1. The van der Waals surface area contributed by atoms with Crippen molar-refractivity contribution in [3.63, 3.8) is 0 Å². The van der Waals surface area contributed by atoms with Gasteiger partial charge in [0.05, 0.1) is 12.3 Å². The molecular weight excluding hydrogens is 226 g/mol. The summed E-state index contributed by atoms with van der Waals surface area (Å²) in [5.74, 6) is 1.58. The Bertz CT molecular complexity index is 412. The number of hydrogen-bond acceptors (Lipinski definition) is 4. The number of methoxy groups -OCH3 is 1. The summed E-state index contributed by atoms with van der Waals surface area (Å²) in [6.07, 6.45) is 8.38. The van der Waals surface area contributed by atoms with Gasteiger partial charge in [-0.3, -0.25) is 0 Å². The van der Waals surface area contributed by atoms with E-state index in [-0.39, 0.29) is 0 Å². The zero-order chi connectivity index (χ0) is 12.4. The molecule has 0 aromatic carbocycles. The quantitative estimate of drug-likeness (QED) is 0.819. The van der Waals surface area contributed by atoms with Crippen LogP contribution in [0.2, 0.25) is 0 Å². The second kappa shape index (κ2) is 5.22. The summed E-state index contributed by atoms with van der Waals surface area (Å²) in [4.78, 5) is 11.7. The van der Waals surface area contributed by atoms with Gasteiger partial charge >= 0.3 is 0 Å². The second-order valence-corrected chi connectivity index (χ2v) is 5.34. The molecule has 0 atom stereocenters. The van der Waals surface area contributed by atoms with Crippen LogP contribution < -0.4 is 4.90 Å². The minimum Gasteiger partial charge on any atom is -0.380 e. The van der Waals surface area contributed by atoms with Gasteiger partial charge in [0.15, 0.2) is 0 Å². The van der Waals surface area contributed by atoms with Crippen molar-refractivity contribution in [3.8, 4) is 0 Å². The average molecular weight is 247 g/mol. The van der Waals surface area contributed by atoms with E-state index in [9.17, 15) is 0 Å². The van der Waals surface area contributed by atoms with Gasteiger partial charge in [-0.05, 0) is 32.1 Å². The van der Waals surface area contributed by atoms with Crippen molar-refractivity contribution in [2.75, 3.05) is 25.1 Å². The maximum Gasteiger partial charge on any atom is 0.225 e. The van der Waals surface area contributed by atoms with Crippen molar-refractivity contribution in [1.29, 1.82) is 0 Å². The van der Waals surface area contributed by atoms with Gasteiger partial charge in [0.2, 0.25) is 5.95 Å². The summed E-state index contributed by atoms with van der Waals surface area (Å²) in [6, 6.07) is 0. The Kier molecular flexibility index (Phi) is 3.46. The lowest BCUT2D eigenvalue weighted by Gasteiger charge is -2.27. The van der Waals surface area contributed by atoms with Gasteiger partial charge in [0, 0.05) is 37.9 Å². The molecule has 1 aliphatic heterocycles. The van der Waals surface area contributed by atoms with E-state index in [4.69, 9.17) is 9.72 Å². The molecule has 0 N–H and O–H groups in total. The van der Waals surface area contributed by atoms with E-state index in [2.05, 4.69) is 9.88 Å². The van der Waals surface area contributed by atoms with E-state index < -0.39 is 0 Å². The minimum atomic E-state index is 0.631. The third kappa shape index (κ3) is 2.48. The molecule has 0 unspecified atom stereocenters. The molecule has 4 heteroatoms. The molecule has 1 aromatic heterocycles. The molecule has 3 rings (SSSR count). The molecule has 2 aliphatic rings. The zero-order valence-corrected chi connectivity index (χ0v) is 11.1. The first-order valence-corrected chi connectivity index (χ1v) is 6.98. The first-order valence-electron chi connectivity index (χ1n) is 6.98. The predicted molar refractivity (Wildman–Crippen MR) is 70.8 cm³/mol. The van der Waals surface area contributed by atoms with E-state index in [0.29, 0.717) is 12.5 Å². The highest BCUT2D eigenvalue weighted by Gasteiger charge is 2.29. The van der Waals surface area contributed by atoms with Crippen LogP contribution in [0.1, 0.15) is 49.3 Å².